The third kappa shape index (κ3) is 2.42. The zero-order chi connectivity index (χ0) is 11.0. The fourth-order valence-electron chi connectivity index (χ4n) is 0.729. The van der Waals surface area contributed by atoms with Gasteiger partial charge in [0.15, 0.2) is 0 Å². The number of halogens is 3. The van der Waals surface area contributed by atoms with Gasteiger partial charge < -0.3 is 0 Å². The number of pyridine rings is 1. The highest BCUT2D eigenvalue weighted by Gasteiger charge is 2.31. The molecule has 0 aliphatic rings. The first-order chi connectivity index (χ1) is 6.21. The molecule has 1 heterocycles. The minimum atomic E-state index is -4.63. The van der Waals surface area contributed by atoms with Crippen LogP contribution in [0.4, 0.5) is 13.2 Å². The molecule has 0 saturated carbocycles. The van der Waals surface area contributed by atoms with Crippen LogP contribution < -0.4 is 5.14 Å². The van der Waals surface area contributed by atoms with E-state index < -0.39 is 26.7 Å². The van der Waals surface area contributed by atoms with Gasteiger partial charge >= 0.3 is 6.18 Å². The molecule has 0 aliphatic heterocycles. The molecule has 0 unspecified atom stereocenters. The molecule has 1 aromatic rings. The first-order valence-electron chi connectivity index (χ1n) is 3.26. The lowest BCUT2D eigenvalue weighted by atomic mass is 10.3. The highest BCUT2D eigenvalue weighted by molar-refractivity contribution is 7.89. The molecule has 0 spiro atoms. The number of nitrogens with zero attached hydrogens (tertiary/aromatic N) is 1. The fraction of sp³-hybridized carbons (Fsp3) is 0.167. The molecule has 1 aromatic heterocycles. The van der Waals surface area contributed by atoms with Crippen molar-refractivity contribution in [2.45, 2.75) is 11.1 Å². The summed E-state index contributed by atoms with van der Waals surface area (Å²) in [7, 11) is -4.15. The number of rotatable bonds is 1. The Balaban J connectivity index is 3.29. The molecule has 4 nitrogen and oxygen atoms in total. The lowest BCUT2D eigenvalue weighted by Gasteiger charge is -2.06. The molecule has 1 rings (SSSR count). The maximum Gasteiger partial charge on any atom is 0.417 e. The van der Waals surface area contributed by atoms with Crippen molar-refractivity contribution >= 4 is 10.0 Å². The van der Waals surface area contributed by atoms with Crippen molar-refractivity contribution in [2.75, 3.05) is 0 Å². The van der Waals surface area contributed by atoms with Crippen LogP contribution in [0.5, 0.6) is 0 Å². The monoisotopic (exact) mass is 226 g/mol. The van der Waals surface area contributed by atoms with E-state index in [4.69, 9.17) is 0 Å². The van der Waals surface area contributed by atoms with Gasteiger partial charge in [-0.15, -0.1) is 0 Å². The van der Waals surface area contributed by atoms with Gasteiger partial charge in [0.05, 0.1) is 5.56 Å². The molecule has 0 amide bonds. The lowest BCUT2D eigenvalue weighted by molar-refractivity contribution is -0.138. The van der Waals surface area contributed by atoms with Gasteiger partial charge in [0.2, 0.25) is 10.0 Å². The second-order valence-electron chi connectivity index (χ2n) is 2.45. The van der Waals surface area contributed by atoms with Crippen LogP contribution in [-0.2, 0) is 16.2 Å². The number of hydrogen-bond donors (Lipinski definition) is 1. The third-order valence-corrected chi connectivity index (χ3v) is 2.25. The molecule has 0 aromatic carbocycles. The van der Waals surface area contributed by atoms with Crippen molar-refractivity contribution in [3.63, 3.8) is 0 Å². The zero-order valence-corrected chi connectivity index (χ0v) is 7.43. The van der Waals surface area contributed by atoms with E-state index >= 15 is 0 Å². The second-order valence-corrected chi connectivity index (χ2v) is 4.01. The normalized spacial score (nSPS) is 12.9. The summed E-state index contributed by atoms with van der Waals surface area (Å²) in [5, 5.41) is 4.63. The minimum Gasteiger partial charge on any atom is -0.263 e. The SMILES string of the molecule is NS(=O)(=O)c1cncc(C(F)(F)F)c1. The minimum absolute atomic E-state index is 0.433. The van der Waals surface area contributed by atoms with Gasteiger partial charge in [-0.3, -0.25) is 4.98 Å². The smallest absolute Gasteiger partial charge is 0.263 e. The van der Waals surface area contributed by atoms with Crippen LogP contribution in [0, 0.1) is 0 Å². The maximum atomic E-state index is 12.1. The summed E-state index contributed by atoms with van der Waals surface area (Å²) in [6.07, 6.45) is -3.35. The van der Waals surface area contributed by atoms with Crippen LogP contribution in [0.15, 0.2) is 23.4 Å². The van der Waals surface area contributed by atoms with Crippen LogP contribution in [0.25, 0.3) is 0 Å². The Bertz CT molecular complexity index is 441. The van der Waals surface area contributed by atoms with E-state index in [1.807, 2.05) is 0 Å². The van der Waals surface area contributed by atoms with Gasteiger partial charge in [0.1, 0.15) is 4.90 Å². The van der Waals surface area contributed by atoms with E-state index in [0.717, 1.165) is 6.20 Å². The molecule has 8 heteroatoms. The van der Waals surface area contributed by atoms with E-state index in [9.17, 15) is 21.6 Å². The highest BCUT2D eigenvalue weighted by atomic mass is 32.2. The number of hydrogen-bond acceptors (Lipinski definition) is 3. The van der Waals surface area contributed by atoms with E-state index in [-0.39, 0.29) is 0 Å². The molecular weight excluding hydrogens is 221 g/mol. The van der Waals surface area contributed by atoms with E-state index in [1.165, 1.54) is 0 Å². The van der Waals surface area contributed by atoms with Gasteiger partial charge in [-0.25, -0.2) is 13.6 Å². The van der Waals surface area contributed by atoms with Crippen molar-refractivity contribution in [2.24, 2.45) is 5.14 Å². The van der Waals surface area contributed by atoms with E-state index in [1.54, 1.807) is 0 Å². The molecule has 0 fully saturated rings. The van der Waals surface area contributed by atoms with Crippen molar-refractivity contribution in [3.8, 4) is 0 Å². The van der Waals surface area contributed by atoms with Crippen LogP contribution in [0.3, 0.4) is 0 Å². The maximum absolute atomic E-state index is 12.1. The summed E-state index contributed by atoms with van der Waals surface area (Å²) in [5.41, 5.74) is -1.15. The lowest BCUT2D eigenvalue weighted by Crippen LogP contribution is -2.14. The molecular formula is C6H5F3N2O2S. The number of nitrogens with two attached hydrogens (primary N) is 1. The van der Waals surface area contributed by atoms with Gasteiger partial charge in [-0.1, -0.05) is 0 Å². The largest absolute Gasteiger partial charge is 0.417 e. The zero-order valence-electron chi connectivity index (χ0n) is 6.62. The average molecular weight is 226 g/mol. The number of sulfonamides is 1. The van der Waals surface area contributed by atoms with Crippen molar-refractivity contribution in [3.05, 3.63) is 24.0 Å². The first kappa shape index (κ1) is 10.9. The molecule has 0 saturated heterocycles. The van der Waals surface area contributed by atoms with Crippen LogP contribution in [0.2, 0.25) is 0 Å². The predicted octanol–water partition coefficient (Wildman–Crippen LogP) is 0.748. The van der Waals surface area contributed by atoms with Crippen molar-refractivity contribution < 1.29 is 21.6 Å². The fourth-order valence-corrected chi connectivity index (χ4v) is 1.23. The Labute approximate surface area is 77.6 Å². The molecule has 0 atom stereocenters. The summed E-state index contributed by atoms with van der Waals surface area (Å²) >= 11 is 0. The molecule has 2 N–H and O–H groups in total. The summed E-state index contributed by atoms with van der Waals surface area (Å²) in [6, 6.07) is 0.433. The first-order valence-corrected chi connectivity index (χ1v) is 4.81. The molecule has 0 radical (unpaired) electrons. The van der Waals surface area contributed by atoms with E-state index in [2.05, 4.69) is 10.1 Å². The summed E-state index contributed by atoms with van der Waals surface area (Å²) in [6.45, 7) is 0. The number of alkyl halides is 3. The standard InChI is InChI=1S/C6H5F3N2O2S/c7-6(8,9)4-1-5(3-11-2-4)14(10,12)13/h1-3H,(H2,10,12,13). The summed E-state index contributed by atoms with van der Waals surface area (Å²) in [4.78, 5) is 2.48. The molecule has 78 valence electrons. The van der Waals surface area contributed by atoms with Gasteiger partial charge in [-0.2, -0.15) is 13.2 Å². The Morgan fingerprint density at radius 1 is 1.29 bits per heavy atom. The van der Waals surface area contributed by atoms with Gasteiger partial charge in [0, 0.05) is 12.4 Å². The summed E-state index contributed by atoms with van der Waals surface area (Å²) in [5.74, 6) is 0. The highest BCUT2D eigenvalue weighted by Crippen LogP contribution is 2.29. The Morgan fingerprint density at radius 3 is 2.29 bits per heavy atom. The third-order valence-electron chi connectivity index (χ3n) is 1.37. The Morgan fingerprint density at radius 2 is 1.86 bits per heavy atom. The Hall–Kier alpha value is -1.15. The quantitative estimate of drug-likeness (QED) is 0.767. The van der Waals surface area contributed by atoms with Crippen LogP contribution in [-0.4, -0.2) is 13.4 Å². The van der Waals surface area contributed by atoms with E-state index in [0.29, 0.717) is 12.3 Å². The van der Waals surface area contributed by atoms with Crippen molar-refractivity contribution in [1.82, 2.24) is 4.98 Å². The molecule has 14 heavy (non-hydrogen) atoms. The molecule has 0 bridgehead atoms. The van der Waals surface area contributed by atoms with Crippen LogP contribution >= 0.6 is 0 Å². The second kappa shape index (κ2) is 3.21. The van der Waals surface area contributed by atoms with Crippen molar-refractivity contribution in [1.29, 1.82) is 0 Å². The van der Waals surface area contributed by atoms with Crippen LogP contribution in [0.1, 0.15) is 5.56 Å². The predicted molar refractivity (Wildman–Crippen MR) is 40.6 cm³/mol. The number of aromatic nitrogens is 1. The molecule has 0 aliphatic carbocycles. The summed E-state index contributed by atoms with van der Waals surface area (Å²) < 4.78 is 57.6. The Kier molecular flexibility index (Phi) is 2.50. The average Bonchev–Trinajstić information content (AvgIpc) is 2.01. The van der Waals surface area contributed by atoms with Gasteiger partial charge in [0.25, 0.3) is 0 Å². The topological polar surface area (TPSA) is 73.1 Å². The van der Waals surface area contributed by atoms with Gasteiger partial charge in [-0.05, 0) is 6.07 Å². The number of primary sulfonamides is 1.